The summed E-state index contributed by atoms with van der Waals surface area (Å²) in [5.41, 5.74) is -0.428. The van der Waals surface area contributed by atoms with Gasteiger partial charge in [0.2, 0.25) is 0 Å². The van der Waals surface area contributed by atoms with Gasteiger partial charge in [-0.15, -0.1) is 0 Å². The normalized spacial score (nSPS) is 10.7. The van der Waals surface area contributed by atoms with Crippen molar-refractivity contribution in [2.45, 2.75) is 6.54 Å². The monoisotopic (exact) mass is 305 g/mol. The van der Waals surface area contributed by atoms with E-state index >= 15 is 0 Å². The molecule has 2 rings (SSSR count). The molecule has 2 aromatic carbocycles. The molecular formula is C13H8ClF4NO. The van der Waals surface area contributed by atoms with Gasteiger partial charge in [-0.1, -0.05) is 17.7 Å². The highest BCUT2D eigenvalue weighted by molar-refractivity contribution is 6.32. The molecule has 106 valence electrons. The summed E-state index contributed by atoms with van der Waals surface area (Å²) in [5.74, 6) is -6.14. The molecule has 0 saturated carbocycles. The minimum atomic E-state index is -1.51. The number of phenols is 1. The molecular weight excluding hydrogens is 298 g/mol. The van der Waals surface area contributed by atoms with Gasteiger partial charge in [-0.05, 0) is 17.7 Å². The number of rotatable bonds is 3. The average Bonchev–Trinajstić information content (AvgIpc) is 2.40. The summed E-state index contributed by atoms with van der Waals surface area (Å²) in [6.07, 6.45) is 0. The minimum Gasteiger partial charge on any atom is -0.506 e. The number of hydrogen-bond acceptors (Lipinski definition) is 2. The lowest BCUT2D eigenvalue weighted by Gasteiger charge is -2.10. The van der Waals surface area contributed by atoms with Gasteiger partial charge in [-0.2, -0.15) is 0 Å². The molecule has 7 heteroatoms. The second kappa shape index (κ2) is 5.58. The molecule has 20 heavy (non-hydrogen) atoms. The van der Waals surface area contributed by atoms with E-state index in [1.807, 2.05) is 0 Å². The first-order valence-corrected chi connectivity index (χ1v) is 5.82. The average molecular weight is 306 g/mol. The van der Waals surface area contributed by atoms with E-state index in [1.54, 1.807) is 0 Å². The van der Waals surface area contributed by atoms with Crippen molar-refractivity contribution in [2.75, 3.05) is 5.32 Å². The van der Waals surface area contributed by atoms with Gasteiger partial charge in [0, 0.05) is 12.6 Å². The Morgan fingerprint density at radius 3 is 2.15 bits per heavy atom. The number of phenolic OH excluding ortho intramolecular Hbond substituents is 1. The molecule has 0 saturated heterocycles. The third kappa shape index (κ3) is 2.80. The van der Waals surface area contributed by atoms with Crippen LogP contribution in [0.5, 0.6) is 5.75 Å². The van der Waals surface area contributed by atoms with Crippen molar-refractivity contribution in [2.24, 2.45) is 0 Å². The van der Waals surface area contributed by atoms with E-state index in [0.717, 1.165) is 0 Å². The van der Waals surface area contributed by atoms with Gasteiger partial charge >= 0.3 is 0 Å². The molecule has 0 atom stereocenters. The maximum absolute atomic E-state index is 13.4. The Balaban J connectivity index is 2.25. The van der Waals surface area contributed by atoms with Crippen LogP contribution in [0.1, 0.15) is 5.56 Å². The fraction of sp³-hybridized carbons (Fsp3) is 0.0769. The highest BCUT2D eigenvalue weighted by atomic mass is 35.5. The highest BCUT2D eigenvalue weighted by Gasteiger charge is 2.18. The van der Waals surface area contributed by atoms with Crippen molar-refractivity contribution in [3.8, 4) is 5.75 Å². The summed E-state index contributed by atoms with van der Waals surface area (Å²) in [5, 5.41) is 11.5. The van der Waals surface area contributed by atoms with Gasteiger partial charge in [0.1, 0.15) is 11.4 Å². The summed E-state index contributed by atoms with van der Waals surface area (Å²) in [6, 6.07) is 4.22. The number of hydrogen-bond donors (Lipinski definition) is 2. The topological polar surface area (TPSA) is 32.3 Å². The Bertz CT molecular complexity index is 637. The van der Waals surface area contributed by atoms with Gasteiger partial charge < -0.3 is 10.4 Å². The lowest BCUT2D eigenvalue weighted by atomic mass is 10.2. The van der Waals surface area contributed by atoms with Crippen molar-refractivity contribution < 1.29 is 22.7 Å². The summed E-state index contributed by atoms with van der Waals surface area (Å²) >= 11 is 5.66. The number of nitrogens with one attached hydrogen (secondary N) is 1. The third-order valence-corrected chi connectivity index (χ3v) is 2.90. The summed E-state index contributed by atoms with van der Waals surface area (Å²) in [4.78, 5) is 0. The van der Waals surface area contributed by atoms with Crippen LogP contribution >= 0.6 is 11.6 Å². The highest BCUT2D eigenvalue weighted by Crippen LogP contribution is 2.26. The van der Waals surface area contributed by atoms with Gasteiger partial charge in [-0.25, -0.2) is 17.6 Å². The first kappa shape index (κ1) is 14.5. The molecule has 0 aliphatic rings. The lowest BCUT2D eigenvalue weighted by molar-refractivity contribution is 0.458. The van der Waals surface area contributed by atoms with Crippen molar-refractivity contribution in [3.63, 3.8) is 0 Å². The molecule has 0 fully saturated rings. The van der Waals surface area contributed by atoms with E-state index in [-0.39, 0.29) is 23.4 Å². The molecule has 0 aromatic heterocycles. The molecule has 0 unspecified atom stereocenters. The predicted octanol–water partition coefficient (Wildman–Crippen LogP) is 4.21. The lowest BCUT2D eigenvalue weighted by Crippen LogP contribution is -2.07. The molecule has 0 aliphatic heterocycles. The second-order valence-corrected chi connectivity index (χ2v) is 4.39. The number of anilines is 1. The first-order valence-electron chi connectivity index (χ1n) is 5.44. The summed E-state index contributed by atoms with van der Waals surface area (Å²) in [6.45, 7) is -0.128. The molecule has 0 aliphatic carbocycles. The molecule has 2 N–H and O–H groups in total. The Kier molecular flexibility index (Phi) is 4.04. The molecule has 0 spiro atoms. The SMILES string of the molecule is Oc1ccc(CNc2c(F)c(F)cc(F)c2F)cc1Cl. The zero-order valence-electron chi connectivity index (χ0n) is 9.85. The van der Waals surface area contributed by atoms with Crippen molar-refractivity contribution in [1.29, 1.82) is 0 Å². The van der Waals surface area contributed by atoms with Crippen LogP contribution in [0.15, 0.2) is 24.3 Å². The van der Waals surface area contributed by atoms with Crippen LogP contribution in [0, 0.1) is 23.3 Å². The van der Waals surface area contributed by atoms with E-state index in [0.29, 0.717) is 5.56 Å². The molecule has 0 amide bonds. The van der Waals surface area contributed by atoms with Crippen LogP contribution in [-0.4, -0.2) is 5.11 Å². The van der Waals surface area contributed by atoms with E-state index in [9.17, 15) is 22.7 Å². The smallest absolute Gasteiger partial charge is 0.185 e. The van der Waals surface area contributed by atoms with Crippen LogP contribution in [0.2, 0.25) is 5.02 Å². The van der Waals surface area contributed by atoms with Crippen LogP contribution in [-0.2, 0) is 6.54 Å². The number of halogens is 5. The standard InChI is InChI=1S/C13H8ClF4NO/c14-7-3-6(1-2-10(7)20)5-19-13-11(17)8(15)4-9(16)12(13)18/h1-4,19-20H,5H2. The van der Waals surface area contributed by atoms with E-state index in [4.69, 9.17) is 11.6 Å². The molecule has 2 aromatic rings. The maximum Gasteiger partial charge on any atom is 0.185 e. The van der Waals surface area contributed by atoms with Crippen LogP contribution in [0.25, 0.3) is 0 Å². The largest absolute Gasteiger partial charge is 0.506 e. The van der Waals surface area contributed by atoms with Crippen LogP contribution in [0.4, 0.5) is 23.2 Å². The fourth-order valence-corrected chi connectivity index (χ4v) is 1.78. The predicted molar refractivity (Wildman–Crippen MR) is 66.7 cm³/mol. The van der Waals surface area contributed by atoms with E-state index in [1.165, 1.54) is 18.2 Å². The third-order valence-electron chi connectivity index (χ3n) is 2.59. The fourth-order valence-electron chi connectivity index (χ4n) is 1.58. The zero-order chi connectivity index (χ0) is 14.9. The van der Waals surface area contributed by atoms with Crippen LogP contribution in [0.3, 0.4) is 0 Å². The Hall–Kier alpha value is -1.95. The zero-order valence-corrected chi connectivity index (χ0v) is 10.6. The van der Waals surface area contributed by atoms with Gasteiger partial charge in [0.05, 0.1) is 5.02 Å². The Labute approximate surface area is 116 Å². The Morgan fingerprint density at radius 2 is 1.60 bits per heavy atom. The summed E-state index contributed by atoms with van der Waals surface area (Å²) in [7, 11) is 0. The number of benzene rings is 2. The number of aromatic hydroxyl groups is 1. The molecule has 2 nitrogen and oxygen atoms in total. The summed E-state index contributed by atoms with van der Waals surface area (Å²) < 4.78 is 52.7. The van der Waals surface area contributed by atoms with E-state index < -0.39 is 29.0 Å². The van der Waals surface area contributed by atoms with Gasteiger partial charge in [0.25, 0.3) is 0 Å². The minimum absolute atomic E-state index is 0.0515. The van der Waals surface area contributed by atoms with Crippen molar-refractivity contribution in [1.82, 2.24) is 0 Å². The van der Waals surface area contributed by atoms with Gasteiger partial charge in [-0.3, -0.25) is 0 Å². The van der Waals surface area contributed by atoms with Crippen LogP contribution < -0.4 is 5.32 Å². The van der Waals surface area contributed by atoms with Gasteiger partial charge in [0.15, 0.2) is 23.3 Å². The second-order valence-electron chi connectivity index (χ2n) is 3.98. The van der Waals surface area contributed by atoms with Crippen molar-refractivity contribution in [3.05, 3.63) is 58.1 Å². The quantitative estimate of drug-likeness (QED) is 0.657. The first-order chi connectivity index (χ1) is 9.40. The molecule has 0 heterocycles. The maximum atomic E-state index is 13.4. The van der Waals surface area contributed by atoms with E-state index in [2.05, 4.69) is 5.32 Å². The molecule has 0 bridgehead atoms. The van der Waals surface area contributed by atoms with Crippen molar-refractivity contribution >= 4 is 17.3 Å². The molecule has 0 radical (unpaired) electrons. The Morgan fingerprint density at radius 1 is 1.00 bits per heavy atom.